The summed E-state index contributed by atoms with van der Waals surface area (Å²) in [5.41, 5.74) is 0.852. The Balaban J connectivity index is 0.00000242. The molecule has 0 amide bonds. The number of nitrogens with zero attached hydrogens (tertiary/aromatic N) is 1. The number of hydrogen-bond acceptors (Lipinski definition) is 5. The quantitative estimate of drug-likeness (QED) is 0.591. The van der Waals surface area contributed by atoms with Gasteiger partial charge in [-0.3, -0.25) is 4.90 Å². The van der Waals surface area contributed by atoms with Gasteiger partial charge in [0, 0.05) is 31.3 Å². The predicted octanol–water partition coefficient (Wildman–Crippen LogP) is 2.01. The number of para-hydroxylation sites is 1. The van der Waals surface area contributed by atoms with Crippen molar-refractivity contribution in [3.63, 3.8) is 0 Å². The maximum Gasteiger partial charge on any atom is 0.330 e. The zero-order chi connectivity index (χ0) is 14.9. The number of morpholine rings is 1. The molecular formula is C16H22ClNO4. The Morgan fingerprint density at radius 3 is 2.77 bits per heavy atom. The summed E-state index contributed by atoms with van der Waals surface area (Å²) in [4.78, 5) is 13.9. The summed E-state index contributed by atoms with van der Waals surface area (Å²) in [7, 11) is 1.60. The topological polar surface area (TPSA) is 48.0 Å². The summed E-state index contributed by atoms with van der Waals surface area (Å²) >= 11 is 0. The molecule has 0 aliphatic carbocycles. The van der Waals surface area contributed by atoms with Crippen molar-refractivity contribution in [3.05, 3.63) is 35.9 Å². The molecule has 0 saturated carbocycles. The van der Waals surface area contributed by atoms with E-state index in [4.69, 9.17) is 14.2 Å². The second-order valence-corrected chi connectivity index (χ2v) is 4.70. The van der Waals surface area contributed by atoms with E-state index >= 15 is 0 Å². The van der Waals surface area contributed by atoms with Gasteiger partial charge in [0.2, 0.25) is 0 Å². The molecule has 1 aromatic rings. The van der Waals surface area contributed by atoms with Crippen molar-refractivity contribution in [1.29, 1.82) is 0 Å². The van der Waals surface area contributed by atoms with Crippen LogP contribution in [0.2, 0.25) is 0 Å². The molecule has 1 saturated heterocycles. The smallest absolute Gasteiger partial charge is 0.330 e. The van der Waals surface area contributed by atoms with Crippen LogP contribution in [0.3, 0.4) is 0 Å². The third-order valence-electron chi connectivity index (χ3n) is 3.29. The average Bonchev–Trinajstić information content (AvgIpc) is 2.54. The lowest BCUT2D eigenvalue weighted by atomic mass is 10.2. The monoisotopic (exact) mass is 327 g/mol. The standard InChI is InChI=1S/C16H21NO4.ClH/c1-19-15-5-3-2-4-14(15)6-7-16(18)21-13-10-17-8-11-20-12-9-17;/h2-7H,8-13H2,1H3;1H. The molecule has 122 valence electrons. The lowest BCUT2D eigenvalue weighted by Crippen LogP contribution is -2.38. The van der Waals surface area contributed by atoms with Gasteiger partial charge < -0.3 is 14.2 Å². The fourth-order valence-corrected chi connectivity index (χ4v) is 2.11. The molecule has 0 spiro atoms. The van der Waals surface area contributed by atoms with Crippen molar-refractivity contribution >= 4 is 24.5 Å². The molecule has 1 fully saturated rings. The van der Waals surface area contributed by atoms with E-state index in [9.17, 15) is 4.79 Å². The predicted molar refractivity (Wildman–Crippen MR) is 87.5 cm³/mol. The highest BCUT2D eigenvalue weighted by molar-refractivity contribution is 5.87. The molecule has 22 heavy (non-hydrogen) atoms. The maximum atomic E-state index is 11.7. The summed E-state index contributed by atoms with van der Waals surface area (Å²) in [5, 5.41) is 0. The highest BCUT2D eigenvalue weighted by Crippen LogP contribution is 2.18. The van der Waals surface area contributed by atoms with E-state index in [1.54, 1.807) is 13.2 Å². The molecule has 0 bridgehead atoms. The summed E-state index contributed by atoms with van der Waals surface area (Å²) in [6, 6.07) is 7.52. The van der Waals surface area contributed by atoms with Crippen molar-refractivity contribution in [1.82, 2.24) is 4.90 Å². The minimum absolute atomic E-state index is 0. The lowest BCUT2D eigenvalue weighted by molar-refractivity contribution is -0.138. The normalized spacial score (nSPS) is 15.3. The number of ether oxygens (including phenoxy) is 3. The van der Waals surface area contributed by atoms with Gasteiger partial charge in [0.05, 0.1) is 20.3 Å². The molecule has 0 aromatic heterocycles. The van der Waals surface area contributed by atoms with E-state index in [2.05, 4.69) is 4.90 Å². The number of halogens is 1. The largest absolute Gasteiger partial charge is 0.496 e. The zero-order valence-electron chi connectivity index (χ0n) is 12.7. The average molecular weight is 328 g/mol. The van der Waals surface area contributed by atoms with Crippen LogP contribution in [0.1, 0.15) is 5.56 Å². The van der Waals surface area contributed by atoms with E-state index in [0.717, 1.165) is 44.2 Å². The SMILES string of the molecule is COc1ccccc1C=CC(=O)OCCN1CCOCC1.Cl. The number of carbonyl (C=O) groups excluding carboxylic acids is 1. The van der Waals surface area contributed by atoms with Crippen LogP contribution >= 0.6 is 12.4 Å². The first-order chi connectivity index (χ1) is 10.3. The Labute approximate surface area is 137 Å². The van der Waals surface area contributed by atoms with Gasteiger partial charge in [-0.1, -0.05) is 18.2 Å². The number of benzene rings is 1. The Hall–Kier alpha value is -1.56. The summed E-state index contributed by atoms with van der Waals surface area (Å²) < 4.78 is 15.7. The molecule has 0 unspecified atom stereocenters. The van der Waals surface area contributed by atoms with Crippen LogP contribution in [0.4, 0.5) is 0 Å². The van der Waals surface area contributed by atoms with Crippen LogP contribution in [-0.4, -0.2) is 57.4 Å². The van der Waals surface area contributed by atoms with Crippen LogP contribution in [-0.2, 0) is 14.3 Å². The first kappa shape index (κ1) is 18.5. The van der Waals surface area contributed by atoms with Crippen molar-refractivity contribution in [2.75, 3.05) is 46.6 Å². The molecule has 6 heteroatoms. The summed E-state index contributed by atoms with van der Waals surface area (Å²) in [5.74, 6) is 0.393. The molecule has 0 atom stereocenters. The molecule has 1 aliphatic heterocycles. The van der Waals surface area contributed by atoms with Crippen LogP contribution in [0.15, 0.2) is 30.3 Å². The third-order valence-corrected chi connectivity index (χ3v) is 3.29. The number of hydrogen-bond donors (Lipinski definition) is 0. The second-order valence-electron chi connectivity index (χ2n) is 4.70. The Morgan fingerprint density at radius 1 is 1.32 bits per heavy atom. The Morgan fingerprint density at radius 2 is 2.05 bits per heavy atom. The number of esters is 1. The van der Waals surface area contributed by atoms with Gasteiger partial charge in [0.25, 0.3) is 0 Å². The van der Waals surface area contributed by atoms with Gasteiger partial charge >= 0.3 is 5.97 Å². The van der Waals surface area contributed by atoms with Crippen LogP contribution in [0, 0.1) is 0 Å². The van der Waals surface area contributed by atoms with E-state index in [1.807, 2.05) is 24.3 Å². The first-order valence-electron chi connectivity index (χ1n) is 7.07. The molecule has 0 N–H and O–H groups in total. The summed E-state index contributed by atoms with van der Waals surface area (Å²) in [6.07, 6.45) is 3.13. The maximum absolute atomic E-state index is 11.7. The van der Waals surface area contributed by atoms with Crippen LogP contribution in [0.5, 0.6) is 5.75 Å². The van der Waals surface area contributed by atoms with Gasteiger partial charge in [-0.25, -0.2) is 4.79 Å². The first-order valence-corrected chi connectivity index (χ1v) is 7.07. The van der Waals surface area contributed by atoms with E-state index in [1.165, 1.54) is 6.08 Å². The zero-order valence-corrected chi connectivity index (χ0v) is 13.5. The molecule has 1 aromatic carbocycles. The van der Waals surface area contributed by atoms with Gasteiger partial charge in [-0.05, 0) is 12.1 Å². The van der Waals surface area contributed by atoms with Crippen molar-refractivity contribution in [2.45, 2.75) is 0 Å². The van der Waals surface area contributed by atoms with E-state index < -0.39 is 0 Å². The third kappa shape index (κ3) is 6.05. The van der Waals surface area contributed by atoms with Gasteiger partial charge in [-0.15, -0.1) is 12.4 Å². The highest BCUT2D eigenvalue weighted by atomic mass is 35.5. The Kier molecular flexibility index (Phi) is 8.58. The van der Waals surface area contributed by atoms with E-state index in [0.29, 0.717) is 6.61 Å². The van der Waals surface area contributed by atoms with Crippen molar-refractivity contribution in [2.24, 2.45) is 0 Å². The molecule has 1 heterocycles. The molecular weight excluding hydrogens is 306 g/mol. The summed E-state index contributed by atoms with van der Waals surface area (Å²) in [6.45, 7) is 4.44. The highest BCUT2D eigenvalue weighted by Gasteiger charge is 2.10. The minimum atomic E-state index is -0.339. The van der Waals surface area contributed by atoms with Crippen molar-refractivity contribution in [3.8, 4) is 5.75 Å². The van der Waals surface area contributed by atoms with Gasteiger partial charge in [-0.2, -0.15) is 0 Å². The fraction of sp³-hybridized carbons (Fsp3) is 0.438. The lowest BCUT2D eigenvalue weighted by Gasteiger charge is -2.25. The fourth-order valence-electron chi connectivity index (χ4n) is 2.11. The number of carbonyl (C=O) groups is 1. The molecule has 0 radical (unpaired) electrons. The van der Waals surface area contributed by atoms with Crippen LogP contribution < -0.4 is 4.74 Å². The Bertz CT molecular complexity index is 487. The van der Waals surface area contributed by atoms with E-state index in [-0.39, 0.29) is 18.4 Å². The van der Waals surface area contributed by atoms with Crippen molar-refractivity contribution < 1.29 is 19.0 Å². The van der Waals surface area contributed by atoms with Gasteiger partial charge in [0.15, 0.2) is 0 Å². The number of rotatable bonds is 6. The second kappa shape index (κ2) is 10.2. The molecule has 5 nitrogen and oxygen atoms in total. The van der Waals surface area contributed by atoms with Crippen LogP contribution in [0.25, 0.3) is 6.08 Å². The molecule has 1 aliphatic rings. The van der Waals surface area contributed by atoms with Gasteiger partial charge in [0.1, 0.15) is 12.4 Å². The molecule has 2 rings (SSSR count). The number of methoxy groups -OCH3 is 1. The minimum Gasteiger partial charge on any atom is -0.496 e.